The Morgan fingerprint density at radius 2 is 1.90 bits per heavy atom. The van der Waals surface area contributed by atoms with Gasteiger partial charge in [-0.2, -0.15) is 0 Å². The summed E-state index contributed by atoms with van der Waals surface area (Å²) in [4.78, 5) is 9.87. The normalized spacial score (nSPS) is 13.5. The van der Waals surface area contributed by atoms with Crippen LogP contribution >= 0.6 is 24.0 Å². The minimum atomic E-state index is -0.228. The molecule has 0 radical (unpaired) electrons. The van der Waals surface area contributed by atoms with Crippen molar-refractivity contribution in [2.45, 2.75) is 19.4 Å². The molecule has 0 saturated carbocycles. The summed E-state index contributed by atoms with van der Waals surface area (Å²) in [7, 11) is 5.13. The quantitative estimate of drug-likeness (QED) is 0.292. The van der Waals surface area contributed by atoms with Gasteiger partial charge in [-0.3, -0.25) is 4.99 Å². The summed E-state index contributed by atoms with van der Waals surface area (Å²) < 4.78 is 24.3. The second-order valence-electron chi connectivity index (χ2n) is 7.38. The van der Waals surface area contributed by atoms with Crippen molar-refractivity contribution in [1.82, 2.24) is 15.2 Å². The third-order valence-corrected chi connectivity index (χ3v) is 5.64. The number of rotatable bonds is 5. The largest absolute Gasteiger partial charge is 0.493 e. The third-order valence-electron chi connectivity index (χ3n) is 5.64. The van der Waals surface area contributed by atoms with Crippen LogP contribution in [0.1, 0.15) is 16.7 Å². The number of benzene rings is 2. The first-order valence-corrected chi connectivity index (χ1v) is 10.1. The summed E-state index contributed by atoms with van der Waals surface area (Å²) in [6.07, 6.45) is 3.69. The van der Waals surface area contributed by atoms with Gasteiger partial charge in [-0.15, -0.1) is 24.0 Å². The molecule has 8 heteroatoms. The number of aromatic amines is 1. The molecule has 2 aromatic carbocycles. The lowest BCUT2D eigenvalue weighted by atomic mass is 9.99. The van der Waals surface area contributed by atoms with Crippen LogP contribution in [0.5, 0.6) is 11.5 Å². The maximum Gasteiger partial charge on any atom is 0.193 e. The molecule has 0 amide bonds. The molecule has 0 spiro atoms. The second kappa shape index (κ2) is 10.2. The van der Waals surface area contributed by atoms with Gasteiger partial charge in [0.2, 0.25) is 0 Å². The van der Waals surface area contributed by atoms with Crippen molar-refractivity contribution in [3.05, 3.63) is 59.0 Å². The fourth-order valence-electron chi connectivity index (χ4n) is 4.07. The fraction of sp³-hybridized carbons (Fsp3) is 0.348. The van der Waals surface area contributed by atoms with Crippen LogP contribution in [-0.2, 0) is 19.4 Å². The maximum absolute atomic E-state index is 13.4. The van der Waals surface area contributed by atoms with E-state index in [9.17, 15) is 4.39 Å². The summed E-state index contributed by atoms with van der Waals surface area (Å²) in [5.74, 6) is 2.16. The van der Waals surface area contributed by atoms with E-state index in [1.807, 2.05) is 12.3 Å². The van der Waals surface area contributed by atoms with Crippen LogP contribution in [0.25, 0.3) is 10.9 Å². The monoisotopic (exact) mass is 538 g/mol. The van der Waals surface area contributed by atoms with Crippen molar-refractivity contribution in [2.24, 2.45) is 4.99 Å². The van der Waals surface area contributed by atoms with Crippen molar-refractivity contribution < 1.29 is 13.9 Å². The zero-order chi connectivity index (χ0) is 21.1. The molecule has 0 unspecified atom stereocenters. The molecule has 0 atom stereocenters. The van der Waals surface area contributed by atoms with Crippen LogP contribution in [0.15, 0.2) is 41.5 Å². The highest BCUT2D eigenvalue weighted by atomic mass is 127. The lowest BCUT2D eigenvalue weighted by molar-refractivity contribution is 0.346. The molecule has 2 heterocycles. The van der Waals surface area contributed by atoms with Crippen LogP contribution in [0.4, 0.5) is 4.39 Å². The van der Waals surface area contributed by atoms with Gasteiger partial charge in [0, 0.05) is 43.8 Å². The number of aliphatic imine (C=N–C) groups is 1. The fourth-order valence-corrected chi connectivity index (χ4v) is 4.07. The Morgan fingerprint density at radius 3 is 2.61 bits per heavy atom. The summed E-state index contributed by atoms with van der Waals surface area (Å²) in [6.45, 7) is 2.39. The zero-order valence-electron chi connectivity index (χ0n) is 18.0. The van der Waals surface area contributed by atoms with Gasteiger partial charge in [0.15, 0.2) is 17.5 Å². The summed E-state index contributed by atoms with van der Waals surface area (Å²) in [5.41, 5.74) is 4.49. The molecule has 0 aliphatic carbocycles. The van der Waals surface area contributed by atoms with E-state index in [0.29, 0.717) is 0 Å². The predicted molar refractivity (Wildman–Crippen MR) is 132 cm³/mol. The topological polar surface area (TPSA) is 61.9 Å². The molecule has 2 N–H and O–H groups in total. The number of hydrogen-bond acceptors (Lipinski definition) is 3. The first-order valence-electron chi connectivity index (χ1n) is 10.1. The van der Waals surface area contributed by atoms with E-state index in [2.05, 4.69) is 32.3 Å². The van der Waals surface area contributed by atoms with E-state index in [0.717, 1.165) is 66.4 Å². The van der Waals surface area contributed by atoms with E-state index >= 15 is 0 Å². The summed E-state index contributed by atoms with van der Waals surface area (Å²) in [6, 6.07) is 8.98. The average Bonchev–Trinajstić information content (AvgIpc) is 3.17. The summed E-state index contributed by atoms with van der Waals surface area (Å²) >= 11 is 0. The first-order chi connectivity index (χ1) is 14.6. The molecule has 0 fully saturated rings. The van der Waals surface area contributed by atoms with Crippen molar-refractivity contribution in [1.29, 1.82) is 0 Å². The number of H-pyrrole nitrogens is 1. The zero-order valence-corrected chi connectivity index (χ0v) is 20.3. The van der Waals surface area contributed by atoms with Gasteiger partial charge in [0.1, 0.15) is 5.82 Å². The average molecular weight is 538 g/mol. The Labute approximate surface area is 198 Å². The van der Waals surface area contributed by atoms with Crippen molar-refractivity contribution in [3.63, 3.8) is 0 Å². The van der Waals surface area contributed by atoms with E-state index < -0.39 is 0 Å². The first kappa shape index (κ1) is 23.2. The highest BCUT2D eigenvalue weighted by Gasteiger charge is 2.21. The Balaban J connectivity index is 0.00000272. The van der Waals surface area contributed by atoms with Crippen LogP contribution < -0.4 is 14.8 Å². The van der Waals surface area contributed by atoms with Gasteiger partial charge >= 0.3 is 0 Å². The number of aromatic nitrogens is 1. The number of nitrogens with zero attached hydrogens (tertiary/aromatic N) is 2. The number of fused-ring (bicyclic) bond motifs is 2. The standard InChI is InChI=1S/C23H27FN4O2.HI/c1-25-23(26-8-6-16-13-27-20-12-18(24)4-5-19(16)20)28-9-7-15-10-21(29-2)22(30-3)11-17(15)14-28;/h4-5,10-13,27H,6-9,14H2,1-3H3,(H,25,26);1H. The molecular weight excluding hydrogens is 510 g/mol. The number of ether oxygens (including phenoxy) is 2. The molecule has 6 nitrogen and oxygen atoms in total. The number of methoxy groups -OCH3 is 2. The smallest absolute Gasteiger partial charge is 0.193 e. The molecule has 1 aliphatic rings. The van der Waals surface area contributed by atoms with Gasteiger partial charge in [-0.05, 0) is 59.9 Å². The van der Waals surface area contributed by atoms with E-state index in [-0.39, 0.29) is 29.8 Å². The van der Waals surface area contributed by atoms with Crippen LogP contribution in [0.3, 0.4) is 0 Å². The molecule has 0 bridgehead atoms. The Morgan fingerprint density at radius 1 is 1.16 bits per heavy atom. The Bertz CT molecular complexity index is 1080. The highest BCUT2D eigenvalue weighted by Crippen LogP contribution is 2.33. The number of nitrogens with one attached hydrogen (secondary N) is 2. The SMILES string of the molecule is CN=C(NCCc1c[nH]c2cc(F)ccc12)N1CCc2cc(OC)c(OC)cc2C1.I. The molecule has 4 rings (SSSR count). The van der Waals surface area contributed by atoms with Crippen LogP contribution in [0.2, 0.25) is 0 Å². The molecule has 1 aliphatic heterocycles. The molecule has 0 saturated heterocycles. The lowest BCUT2D eigenvalue weighted by Crippen LogP contribution is -2.44. The van der Waals surface area contributed by atoms with Gasteiger partial charge in [-0.1, -0.05) is 0 Å². The molecular formula is C23H28FIN4O2. The van der Waals surface area contributed by atoms with Gasteiger partial charge < -0.3 is 24.7 Å². The number of hydrogen-bond donors (Lipinski definition) is 2. The molecule has 166 valence electrons. The van der Waals surface area contributed by atoms with Crippen LogP contribution in [-0.4, -0.2) is 50.2 Å². The van der Waals surface area contributed by atoms with E-state index in [4.69, 9.17) is 9.47 Å². The lowest BCUT2D eigenvalue weighted by Gasteiger charge is -2.32. The molecule has 3 aromatic rings. The minimum Gasteiger partial charge on any atom is -0.493 e. The number of halogens is 2. The Hall–Kier alpha value is -2.49. The molecule has 31 heavy (non-hydrogen) atoms. The van der Waals surface area contributed by atoms with Crippen molar-refractivity contribution >= 4 is 40.8 Å². The van der Waals surface area contributed by atoms with Gasteiger partial charge in [-0.25, -0.2) is 4.39 Å². The van der Waals surface area contributed by atoms with E-state index in [1.165, 1.54) is 23.3 Å². The van der Waals surface area contributed by atoms with Gasteiger partial charge in [0.25, 0.3) is 0 Å². The second-order valence-corrected chi connectivity index (χ2v) is 7.38. The Kier molecular flexibility index (Phi) is 7.64. The minimum absolute atomic E-state index is 0. The number of guanidine groups is 1. The maximum atomic E-state index is 13.4. The van der Waals surface area contributed by atoms with E-state index in [1.54, 1.807) is 21.3 Å². The molecule has 1 aromatic heterocycles. The highest BCUT2D eigenvalue weighted by molar-refractivity contribution is 14.0. The van der Waals surface area contributed by atoms with Crippen molar-refractivity contribution in [3.8, 4) is 11.5 Å². The summed E-state index contributed by atoms with van der Waals surface area (Å²) in [5, 5.41) is 4.52. The van der Waals surface area contributed by atoms with Gasteiger partial charge in [0.05, 0.1) is 14.2 Å². The van der Waals surface area contributed by atoms with Crippen LogP contribution in [0, 0.1) is 5.82 Å². The third kappa shape index (κ3) is 4.89. The van der Waals surface area contributed by atoms with Crippen molar-refractivity contribution in [2.75, 3.05) is 34.4 Å². The predicted octanol–water partition coefficient (Wildman–Crippen LogP) is 4.12.